The average molecular weight is 290 g/mol. The summed E-state index contributed by atoms with van der Waals surface area (Å²) in [6, 6.07) is 1.68. The van der Waals surface area contributed by atoms with Crippen LogP contribution in [0.15, 0.2) is 16.8 Å². The van der Waals surface area contributed by atoms with Crippen molar-refractivity contribution in [3.05, 3.63) is 29.3 Å². The van der Waals surface area contributed by atoms with Gasteiger partial charge in [-0.15, -0.1) is 0 Å². The summed E-state index contributed by atoms with van der Waals surface area (Å²) >= 11 is 0. The van der Waals surface area contributed by atoms with Gasteiger partial charge in [0.05, 0.1) is 13.3 Å². The average Bonchev–Trinajstić information content (AvgIpc) is 2.85. The molecule has 0 radical (unpaired) electrons. The van der Waals surface area contributed by atoms with Gasteiger partial charge >= 0.3 is 0 Å². The lowest BCUT2D eigenvalue weighted by molar-refractivity contribution is 0.102. The van der Waals surface area contributed by atoms with Crippen LogP contribution in [-0.4, -0.2) is 28.1 Å². The number of aromatic nitrogens is 3. The zero-order valence-corrected chi connectivity index (χ0v) is 12.5. The van der Waals surface area contributed by atoms with Crippen molar-refractivity contribution in [2.75, 3.05) is 12.4 Å². The number of nitrogens with one attached hydrogen (secondary N) is 1. The molecule has 0 aromatic carbocycles. The molecule has 2 aromatic heterocycles. The Balaban J connectivity index is 2.18. The molecule has 7 nitrogen and oxygen atoms in total. The van der Waals surface area contributed by atoms with Crippen molar-refractivity contribution >= 4 is 11.9 Å². The van der Waals surface area contributed by atoms with E-state index in [4.69, 9.17) is 9.26 Å². The fourth-order valence-electron chi connectivity index (χ4n) is 1.84. The highest BCUT2D eigenvalue weighted by molar-refractivity contribution is 6.03. The van der Waals surface area contributed by atoms with Crippen molar-refractivity contribution in [3.63, 3.8) is 0 Å². The third-order valence-electron chi connectivity index (χ3n) is 2.75. The Kier molecular flexibility index (Phi) is 4.52. The van der Waals surface area contributed by atoms with Gasteiger partial charge in [0.2, 0.25) is 11.8 Å². The first-order chi connectivity index (χ1) is 9.99. The standard InChI is InChI=1S/C14H18N4O3/c1-8(2)5-11-10(7-15-21-11)13(19)18-14-16-9(3)6-12(17-14)20-4/h6-8H,5H2,1-4H3,(H,16,17,18,19). The summed E-state index contributed by atoms with van der Waals surface area (Å²) in [6.45, 7) is 5.88. The topological polar surface area (TPSA) is 90.1 Å². The number of anilines is 1. The predicted octanol–water partition coefficient (Wildman–Crippen LogP) is 2.23. The summed E-state index contributed by atoms with van der Waals surface area (Å²) < 4.78 is 10.2. The Hall–Kier alpha value is -2.44. The molecule has 7 heteroatoms. The fraction of sp³-hybridized carbons (Fsp3) is 0.429. The van der Waals surface area contributed by atoms with Crippen molar-refractivity contribution in [1.29, 1.82) is 0 Å². The van der Waals surface area contributed by atoms with Gasteiger partial charge < -0.3 is 9.26 Å². The summed E-state index contributed by atoms with van der Waals surface area (Å²) in [4.78, 5) is 20.5. The molecule has 0 aliphatic heterocycles. The van der Waals surface area contributed by atoms with Gasteiger partial charge in [-0.25, -0.2) is 4.98 Å². The zero-order chi connectivity index (χ0) is 15.4. The number of carbonyl (C=O) groups excluding carboxylic acids is 1. The lowest BCUT2D eigenvalue weighted by atomic mass is 10.1. The zero-order valence-electron chi connectivity index (χ0n) is 12.5. The Morgan fingerprint density at radius 1 is 1.43 bits per heavy atom. The number of hydrogen-bond donors (Lipinski definition) is 1. The van der Waals surface area contributed by atoms with E-state index in [1.54, 1.807) is 13.0 Å². The summed E-state index contributed by atoms with van der Waals surface area (Å²) in [5, 5.41) is 6.32. The second-order valence-corrected chi connectivity index (χ2v) is 5.09. The van der Waals surface area contributed by atoms with E-state index in [-0.39, 0.29) is 11.9 Å². The maximum Gasteiger partial charge on any atom is 0.263 e. The van der Waals surface area contributed by atoms with Crippen LogP contribution in [0.2, 0.25) is 0 Å². The quantitative estimate of drug-likeness (QED) is 0.908. The molecule has 2 heterocycles. The number of nitrogens with zero attached hydrogens (tertiary/aromatic N) is 3. The van der Waals surface area contributed by atoms with E-state index in [1.165, 1.54) is 13.3 Å². The minimum absolute atomic E-state index is 0.188. The van der Waals surface area contributed by atoms with Crippen LogP contribution in [0.5, 0.6) is 5.88 Å². The van der Waals surface area contributed by atoms with Gasteiger partial charge in [-0.3, -0.25) is 10.1 Å². The molecule has 0 spiro atoms. The van der Waals surface area contributed by atoms with Crippen molar-refractivity contribution in [2.24, 2.45) is 5.92 Å². The molecular weight excluding hydrogens is 272 g/mol. The number of aryl methyl sites for hydroxylation is 1. The molecule has 0 saturated carbocycles. The van der Waals surface area contributed by atoms with Gasteiger partial charge in [-0.2, -0.15) is 4.98 Å². The first kappa shape index (κ1) is 15.0. The van der Waals surface area contributed by atoms with Gasteiger partial charge in [0, 0.05) is 18.2 Å². The molecule has 2 rings (SSSR count). The van der Waals surface area contributed by atoms with Crippen LogP contribution in [0, 0.1) is 12.8 Å². The molecule has 1 N–H and O–H groups in total. The Morgan fingerprint density at radius 2 is 2.19 bits per heavy atom. The molecule has 0 bridgehead atoms. The first-order valence-corrected chi connectivity index (χ1v) is 6.64. The number of hydrogen-bond acceptors (Lipinski definition) is 6. The largest absolute Gasteiger partial charge is 0.481 e. The monoisotopic (exact) mass is 290 g/mol. The minimum Gasteiger partial charge on any atom is -0.481 e. The lowest BCUT2D eigenvalue weighted by Gasteiger charge is -2.07. The summed E-state index contributed by atoms with van der Waals surface area (Å²) in [5.74, 6) is 1.15. The molecule has 2 aromatic rings. The van der Waals surface area contributed by atoms with E-state index in [9.17, 15) is 4.79 Å². The Morgan fingerprint density at radius 3 is 2.86 bits per heavy atom. The van der Waals surface area contributed by atoms with E-state index in [0.717, 1.165) is 0 Å². The van der Waals surface area contributed by atoms with Crippen LogP contribution >= 0.6 is 0 Å². The van der Waals surface area contributed by atoms with Crippen molar-refractivity contribution in [2.45, 2.75) is 27.2 Å². The third-order valence-corrected chi connectivity index (χ3v) is 2.75. The molecule has 0 saturated heterocycles. The van der Waals surface area contributed by atoms with Gasteiger partial charge in [0.1, 0.15) is 11.3 Å². The molecule has 0 atom stereocenters. The van der Waals surface area contributed by atoms with E-state index in [1.807, 2.05) is 13.8 Å². The number of ether oxygens (including phenoxy) is 1. The Bertz CT molecular complexity index is 637. The molecule has 0 aliphatic carbocycles. The van der Waals surface area contributed by atoms with Gasteiger partial charge in [0.25, 0.3) is 5.91 Å². The van der Waals surface area contributed by atoms with Crippen molar-refractivity contribution in [1.82, 2.24) is 15.1 Å². The summed E-state index contributed by atoms with van der Waals surface area (Å²) in [5.41, 5.74) is 1.10. The normalized spacial score (nSPS) is 10.7. The maximum atomic E-state index is 12.3. The first-order valence-electron chi connectivity index (χ1n) is 6.64. The van der Waals surface area contributed by atoms with Crippen molar-refractivity contribution in [3.8, 4) is 5.88 Å². The number of carbonyl (C=O) groups is 1. The highest BCUT2D eigenvalue weighted by atomic mass is 16.5. The van der Waals surface area contributed by atoms with Gasteiger partial charge in [-0.05, 0) is 12.8 Å². The summed E-state index contributed by atoms with van der Waals surface area (Å²) in [6.07, 6.45) is 2.04. The van der Waals surface area contributed by atoms with Crippen LogP contribution in [-0.2, 0) is 6.42 Å². The SMILES string of the molecule is COc1cc(C)nc(NC(=O)c2cnoc2CC(C)C)n1. The van der Waals surface area contributed by atoms with Crippen LogP contribution in [0.4, 0.5) is 5.95 Å². The van der Waals surface area contributed by atoms with Crippen LogP contribution in [0.3, 0.4) is 0 Å². The predicted molar refractivity (Wildman–Crippen MR) is 76.3 cm³/mol. The van der Waals surface area contributed by atoms with Crippen LogP contribution in [0.1, 0.15) is 35.7 Å². The van der Waals surface area contributed by atoms with Crippen molar-refractivity contribution < 1.29 is 14.1 Å². The second-order valence-electron chi connectivity index (χ2n) is 5.09. The van der Waals surface area contributed by atoms with E-state index in [0.29, 0.717) is 35.2 Å². The highest BCUT2D eigenvalue weighted by Gasteiger charge is 2.18. The Labute approximate surface area is 122 Å². The number of rotatable bonds is 5. The van der Waals surface area contributed by atoms with Gasteiger partial charge in [0.15, 0.2) is 0 Å². The van der Waals surface area contributed by atoms with E-state index < -0.39 is 0 Å². The second kappa shape index (κ2) is 6.34. The third kappa shape index (κ3) is 3.77. The minimum atomic E-state index is -0.348. The highest BCUT2D eigenvalue weighted by Crippen LogP contribution is 2.16. The smallest absolute Gasteiger partial charge is 0.263 e. The van der Waals surface area contributed by atoms with Gasteiger partial charge in [-0.1, -0.05) is 19.0 Å². The van der Waals surface area contributed by atoms with Crippen LogP contribution < -0.4 is 10.1 Å². The number of amides is 1. The van der Waals surface area contributed by atoms with Crippen LogP contribution in [0.25, 0.3) is 0 Å². The molecule has 0 aliphatic rings. The fourth-order valence-corrected chi connectivity index (χ4v) is 1.84. The molecule has 21 heavy (non-hydrogen) atoms. The molecular formula is C14H18N4O3. The molecule has 1 amide bonds. The lowest BCUT2D eigenvalue weighted by Crippen LogP contribution is -2.16. The molecule has 0 unspecified atom stereocenters. The molecule has 112 valence electrons. The number of methoxy groups -OCH3 is 1. The van der Waals surface area contributed by atoms with E-state index in [2.05, 4.69) is 20.4 Å². The maximum absolute atomic E-state index is 12.3. The molecule has 0 fully saturated rings. The summed E-state index contributed by atoms with van der Waals surface area (Å²) in [7, 11) is 1.51. The van der Waals surface area contributed by atoms with E-state index >= 15 is 0 Å².